The van der Waals surface area contributed by atoms with Crippen molar-refractivity contribution in [3.8, 4) is 17.1 Å². The van der Waals surface area contributed by atoms with Crippen LogP contribution in [0.3, 0.4) is 0 Å². The summed E-state index contributed by atoms with van der Waals surface area (Å²) in [4.78, 5) is 13.8. The molecule has 0 spiro atoms. The number of halogens is 2. The molecule has 31 heavy (non-hydrogen) atoms. The number of fused-ring (bicyclic) bond motifs is 3. The first kappa shape index (κ1) is 20.7. The van der Waals surface area contributed by atoms with Gasteiger partial charge in [-0.25, -0.2) is 15.0 Å². The number of allylic oxidation sites excluding steroid dienone is 4. The fourth-order valence-electron chi connectivity index (χ4n) is 3.91. The Hall–Kier alpha value is -3.55. The summed E-state index contributed by atoms with van der Waals surface area (Å²) in [5.41, 5.74) is 3.63. The molecule has 0 aliphatic carbocycles. The SMILES string of the molecule is C=C/C=C(\C(=C/C)OC(F)F)C1CCc2nc3ccc(-c4ccc(OC)nc4)nc3n21. The van der Waals surface area contributed by atoms with Crippen molar-refractivity contribution in [1.29, 1.82) is 0 Å². The number of aryl methyl sites for hydroxylation is 1. The van der Waals surface area contributed by atoms with Crippen LogP contribution in [0.5, 0.6) is 5.88 Å². The Kier molecular flexibility index (Phi) is 5.79. The summed E-state index contributed by atoms with van der Waals surface area (Å²) < 4.78 is 37.9. The molecule has 0 bridgehead atoms. The zero-order valence-corrected chi connectivity index (χ0v) is 17.3. The lowest BCUT2D eigenvalue weighted by Crippen LogP contribution is -2.13. The van der Waals surface area contributed by atoms with E-state index in [0.29, 0.717) is 29.9 Å². The van der Waals surface area contributed by atoms with Crippen molar-refractivity contribution in [1.82, 2.24) is 19.5 Å². The summed E-state index contributed by atoms with van der Waals surface area (Å²) in [5, 5.41) is 0. The molecule has 6 nitrogen and oxygen atoms in total. The fraction of sp³-hybridized carbons (Fsp3) is 0.261. The van der Waals surface area contributed by atoms with Crippen LogP contribution in [0, 0.1) is 0 Å². The molecule has 0 N–H and O–H groups in total. The van der Waals surface area contributed by atoms with E-state index in [1.165, 1.54) is 0 Å². The van der Waals surface area contributed by atoms with E-state index in [0.717, 1.165) is 22.6 Å². The highest BCUT2D eigenvalue weighted by Gasteiger charge is 2.31. The number of imidazole rings is 1. The van der Waals surface area contributed by atoms with Crippen LogP contribution in [-0.4, -0.2) is 33.2 Å². The second-order valence-electron chi connectivity index (χ2n) is 6.97. The number of hydrogen-bond acceptors (Lipinski definition) is 5. The predicted molar refractivity (Wildman–Crippen MR) is 114 cm³/mol. The Balaban J connectivity index is 1.79. The molecule has 1 aliphatic rings. The molecular formula is C23H22F2N4O2. The van der Waals surface area contributed by atoms with Gasteiger partial charge in [0.1, 0.15) is 17.1 Å². The van der Waals surface area contributed by atoms with Gasteiger partial charge in [-0.05, 0) is 37.6 Å². The van der Waals surface area contributed by atoms with Gasteiger partial charge in [0.15, 0.2) is 5.65 Å². The molecule has 3 aromatic rings. The zero-order valence-electron chi connectivity index (χ0n) is 17.3. The third kappa shape index (κ3) is 3.93. The van der Waals surface area contributed by atoms with Crippen molar-refractivity contribution >= 4 is 11.2 Å². The van der Waals surface area contributed by atoms with E-state index in [2.05, 4.69) is 11.6 Å². The monoisotopic (exact) mass is 424 g/mol. The quantitative estimate of drug-likeness (QED) is 0.383. The fourth-order valence-corrected chi connectivity index (χ4v) is 3.91. The van der Waals surface area contributed by atoms with E-state index in [1.54, 1.807) is 44.5 Å². The maximum Gasteiger partial charge on any atom is 0.387 e. The van der Waals surface area contributed by atoms with Gasteiger partial charge in [0.25, 0.3) is 0 Å². The number of ether oxygens (including phenoxy) is 2. The molecule has 4 heterocycles. The van der Waals surface area contributed by atoms with Crippen molar-refractivity contribution in [2.75, 3.05) is 7.11 Å². The van der Waals surface area contributed by atoms with E-state index >= 15 is 0 Å². The maximum absolute atomic E-state index is 13.0. The molecule has 0 saturated heterocycles. The number of alkyl halides is 2. The third-order valence-electron chi connectivity index (χ3n) is 5.22. The van der Waals surface area contributed by atoms with Gasteiger partial charge in [-0.2, -0.15) is 8.78 Å². The van der Waals surface area contributed by atoms with Gasteiger partial charge in [0.2, 0.25) is 5.88 Å². The Morgan fingerprint density at radius 3 is 2.74 bits per heavy atom. The van der Waals surface area contributed by atoms with E-state index in [1.807, 2.05) is 22.8 Å². The van der Waals surface area contributed by atoms with E-state index < -0.39 is 6.61 Å². The molecule has 1 atom stereocenters. The first-order chi connectivity index (χ1) is 15.0. The minimum absolute atomic E-state index is 0.130. The van der Waals surface area contributed by atoms with Gasteiger partial charge in [-0.15, -0.1) is 0 Å². The van der Waals surface area contributed by atoms with Crippen LogP contribution in [0.25, 0.3) is 22.4 Å². The smallest absolute Gasteiger partial charge is 0.387 e. The average Bonchev–Trinajstić information content (AvgIpc) is 3.35. The summed E-state index contributed by atoms with van der Waals surface area (Å²) in [6.07, 6.45) is 7.94. The number of pyridine rings is 2. The van der Waals surface area contributed by atoms with E-state index in [4.69, 9.17) is 19.4 Å². The standard InChI is InChI=1S/C23H22F2N4O2/c1-4-6-15(19(5-2)31-23(24)25)18-10-11-20-27-17-9-8-16(28-22(17)29(18)20)14-7-12-21(30-3)26-13-14/h4-9,12-13,18,23H,1,10-11H2,2-3H3/b15-6-,19-5+. The molecule has 0 amide bonds. The highest BCUT2D eigenvalue weighted by Crippen LogP contribution is 2.39. The minimum atomic E-state index is -2.91. The molecule has 0 fully saturated rings. The Morgan fingerprint density at radius 2 is 2.10 bits per heavy atom. The molecule has 1 unspecified atom stereocenters. The molecule has 0 saturated carbocycles. The molecule has 8 heteroatoms. The van der Waals surface area contributed by atoms with Gasteiger partial charge >= 0.3 is 6.61 Å². The molecule has 4 rings (SSSR count). The number of aromatic nitrogens is 4. The first-order valence-corrected chi connectivity index (χ1v) is 9.88. The molecule has 160 valence electrons. The lowest BCUT2D eigenvalue weighted by Gasteiger charge is -2.21. The summed E-state index contributed by atoms with van der Waals surface area (Å²) in [6, 6.07) is 7.22. The Bertz CT molecular complexity index is 1170. The Morgan fingerprint density at radius 1 is 1.26 bits per heavy atom. The van der Waals surface area contributed by atoms with Crippen molar-refractivity contribution < 1.29 is 18.3 Å². The second-order valence-corrected chi connectivity index (χ2v) is 6.97. The third-order valence-corrected chi connectivity index (χ3v) is 5.22. The average molecular weight is 424 g/mol. The Labute approximate surface area is 178 Å². The summed E-state index contributed by atoms with van der Waals surface area (Å²) in [7, 11) is 1.56. The van der Waals surface area contributed by atoms with Crippen molar-refractivity contribution in [3.05, 3.63) is 72.4 Å². The maximum atomic E-state index is 13.0. The van der Waals surface area contributed by atoms with E-state index in [9.17, 15) is 8.78 Å². The minimum Gasteiger partial charge on any atom is -0.481 e. The molecular weight excluding hydrogens is 402 g/mol. The van der Waals surface area contributed by atoms with Crippen LogP contribution in [-0.2, 0) is 11.2 Å². The molecule has 0 aromatic carbocycles. The lowest BCUT2D eigenvalue weighted by molar-refractivity contribution is -0.0941. The zero-order chi connectivity index (χ0) is 22.0. The van der Waals surface area contributed by atoms with Crippen molar-refractivity contribution in [2.45, 2.75) is 32.4 Å². The van der Waals surface area contributed by atoms with Crippen LogP contribution < -0.4 is 4.74 Å². The van der Waals surface area contributed by atoms with Crippen LogP contribution in [0.2, 0.25) is 0 Å². The van der Waals surface area contributed by atoms with E-state index in [-0.39, 0.29) is 11.8 Å². The molecule has 1 aliphatic heterocycles. The summed E-state index contributed by atoms with van der Waals surface area (Å²) >= 11 is 0. The number of rotatable bonds is 7. The van der Waals surface area contributed by atoms with Gasteiger partial charge in [-0.3, -0.25) is 0 Å². The van der Waals surface area contributed by atoms with Crippen LogP contribution in [0.15, 0.2) is 66.6 Å². The highest BCUT2D eigenvalue weighted by atomic mass is 19.3. The van der Waals surface area contributed by atoms with Gasteiger partial charge in [0, 0.05) is 29.8 Å². The summed E-state index contributed by atoms with van der Waals surface area (Å²) in [6.45, 7) is 2.50. The number of nitrogens with zero attached hydrogens (tertiary/aromatic N) is 4. The van der Waals surface area contributed by atoms with Gasteiger partial charge < -0.3 is 14.0 Å². The van der Waals surface area contributed by atoms with Gasteiger partial charge in [-0.1, -0.05) is 18.7 Å². The van der Waals surface area contributed by atoms with Crippen molar-refractivity contribution in [3.63, 3.8) is 0 Å². The molecule has 3 aromatic heterocycles. The lowest BCUT2D eigenvalue weighted by atomic mass is 10.0. The topological polar surface area (TPSA) is 62.1 Å². The predicted octanol–water partition coefficient (Wildman–Crippen LogP) is 5.24. The normalized spacial score (nSPS) is 16.6. The highest BCUT2D eigenvalue weighted by molar-refractivity contribution is 5.77. The molecule has 0 radical (unpaired) electrons. The largest absolute Gasteiger partial charge is 0.481 e. The van der Waals surface area contributed by atoms with Crippen LogP contribution in [0.4, 0.5) is 8.78 Å². The summed E-state index contributed by atoms with van der Waals surface area (Å²) in [5.74, 6) is 1.51. The van der Waals surface area contributed by atoms with Crippen molar-refractivity contribution in [2.24, 2.45) is 0 Å². The van der Waals surface area contributed by atoms with Crippen LogP contribution >= 0.6 is 0 Å². The second kappa shape index (κ2) is 8.67. The van der Waals surface area contributed by atoms with Gasteiger partial charge in [0.05, 0.1) is 18.8 Å². The first-order valence-electron chi connectivity index (χ1n) is 9.88. The number of hydrogen-bond donors (Lipinski definition) is 0. The number of methoxy groups -OCH3 is 1. The van der Waals surface area contributed by atoms with Crippen LogP contribution in [0.1, 0.15) is 25.2 Å².